The minimum Gasteiger partial charge on any atom is -0.396 e. The summed E-state index contributed by atoms with van der Waals surface area (Å²) in [7, 11) is 0. The highest BCUT2D eigenvalue weighted by Gasteiger charge is 2.36. The molecule has 2 heterocycles. The molecule has 0 unspecified atom stereocenters. The lowest BCUT2D eigenvalue weighted by Gasteiger charge is -2.44. The molecule has 1 aliphatic heterocycles. The van der Waals surface area contributed by atoms with Gasteiger partial charge in [-0.05, 0) is 37.2 Å². The summed E-state index contributed by atoms with van der Waals surface area (Å²) in [5.74, 6) is 0.856. The minimum atomic E-state index is 0.534. The van der Waals surface area contributed by atoms with Gasteiger partial charge in [-0.15, -0.1) is 0 Å². The maximum Gasteiger partial charge on any atom is 0.151 e. The summed E-state index contributed by atoms with van der Waals surface area (Å²) < 4.78 is 0. The van der Waals surface area contributed by atoms with Gasteiger partial charge in [-0.1, -0.05) is 19.3 Å². The lowest BCUT2D eigenvalue weighted by molar-refractivity contribution is 0.144. The van der Waals surface area contributed by atoms with Gasteiger partial charge < -0.3 is 10.6 Å². The summed E-state index contributed by atoms with van der Waals surface area (Å²) in [6.45, 7) is 2.09. The number of aromatic nitrogens is 1. The van der Waals surface area contributed by atoms with Crippen molar-refractivity contribution >= 4 is 11.5 Å². The molecule has 1 spiro atoms. The van der Waals surface area contributed by atoms with E-state index >= 15 is 0 Å². The van der Waals surface area contributed by atoms with Crippen molar-refractivity contribution in [2.75, 3.05) is 23.7 Å². The number of anilines is 2. The van der Waals surface area contributed by atoms with Crippen molar-refractivity contribution in [2.45, 2.75) is 44.9 Å². The van der Waals surface area contributed by atoms with Gasteiger partial charge in [0.05, 0.1) is 11.3 Å². The van der Waals surface area contributed by atoms with Crippen LogP contribution in [0.25, 0.3) is 0 Å². The predicted octanol–water partition coefficient (Wildman–Crippen LogP) is 3.09. The third-order valence-corrected chi connectivity index (χ3v) is 5.06. The molecule has 1 aromatic heterocycles. The number of nitrogens with zero attached hydrogens (tertiary/aromatic N) is 3. The molecule has 1 aromatic rings. The number of piperidine rings is 1. The zero-order chi connectivity index (χ0) is 14.0. The first kappa shape index (κ1) is 13.2. The molecule has 4 heteroatoms. The molecule has 0 aromatic carbocycles. The predicted molar refractivity (Wildman–Crippen MR) is 80.3 cm³/mol. The Morgan fingerprint density at radius 2 is 1.85 bits per heavy atom. The highest BCUT2D eigenvalue weighted by molar-refractivity contribution is 5.64. The van der Waals surface area contributed by atoms with E-state index < -0.39 is 0 Å². The van der Waals surface area contributed by atoms with Crippen molar-refractivity contribution in [1.82, 2.24) is 4.98 Å². The Morgan fingerprint density at radius 3 is 2.45 bits per heavy atom. The van der Waals surface area contributed by atoms with Crippen LogP contribution in [0.3, 0.4) is 0 Å². The van der Waals surface area contributed by atoms with Gasteiger partial charge in [-0.25, -0.2) is 4.98 Å². The molecule has 0 radical (unpaired) electrons. The fourth-order valence-electron chi connectivity index (χ4n) is 3.79. The monoisotopic (exact) mass is 270 g/mol. The van der Waals surface area contributed by atoms with Crippen LogP contribution in [0.1, 0.15) is 50.5 Å². The van der Waals surface area contributed by atoms with Crippen molar-refractivity contribution in [1.29, 1.82) is 5.26 Å². The quantitative estimate of drug-likeness (QED) is 0.851. The van der Waals surface area contributed by atoms with E-state index in [0.717, 1.165) is 18.9 Å². The molecule has 2 aliphatic rings. The standard InChI is InChI=1S/C16H22N4/c17-11-13-10-14(18)15(19-12-13)20-8-6-16(7-9-20)4-2-1-3-5-16/h10,12H,1-9,18H2. The van der Waals surface area contributed by atoms with Gasteiger partial charge in [0.1, 0.15) is 6.07 Å². The largest absolute Gasteiger partial charge is 0.396 e. The van der Waals surface area contributed by atoms with Gasteiger partial charge in [0.25, 0.3) is 0 Å². The molecule has 0 bridgehead atoms. The topological polar surface area (TPSA) is 65.9 Å². The number of nitrogens with two attached hydrogens (primary N) is 1. The van der Waals surface area contributed by atoms with Crippen LogP contribution in [0.5, 0.6) is 0 Å². The Kier molecular flexibility index (Phi) is 3.52. The van der Waals surface area contributed by atoms with E-state index in [2.05, 4.69) is 16.0 Å². The number of hydrogen-bond donors (Lipinski definition) is 1. The number of pyridine rings is 1. The second kappa shape index (κ2) is 5.32. The van der Waals surface area contributed by atoms with Crippen molar-refractivity contribution in [3.05, 3.63) is 17.8 Å². The van der Waals surface area contributed by atoms with Gasteiger partial charge in [0, 0.05) is 19.3 Å². The molecule has 2 fully saturated rings. The van der Waals surface area contributed by atoms with Crippen LogP contribution >= 0.6 is 0 Å². The third-order valence-electron chi connectivity index (χ3n) is 5.06. The van der Waals surface area contributed by atoms with Gasteiger partial charge in [-0.2, -0.15) is 5.26 Å². The second-order valence-corrected chi connectivity index (χ2v) is 6.30. The average molecular weight is 270 g/mol. The fraction of sp³-hybridized carbons (Fsp3) is 0.625. The van der Waals surface area contributed by atoms with Crippen molar-refractivity contribution in [3.8, 4) is 6.07 Å². The van der Waals surface area contributed by atoms with E-state index in [1.165, 1.54) is 44.9 Å². The highest BCUT2D eigenvalue weighted by atomic mass is 15.2. The lowest BCUT2D eigenvalue weighted by Crippen LogP contribution is -2.41. The van der Waals surface area contributed by atoms with Crippen LogP contribution in [0.2, 0.25) is 0 Å². The first-order valence-electron chi connectivity index (χ1n) is 7.63. The molecule has 2 N–H and O–H groups in total. The minimum absolute atomic E-state index is 0.534. The molecule has 0 atom stereocenters. The van der Waals surface area contributed by atoms with Crippen molar-refractivity contribution in [2.24, 2.45) is 5.41 Å². The molecule has 1 aliphatic carbocycles. The van der Waals surface area contributed by atoms with Crippen molar-refractivity contribution in [3.63, 3.8) is 0 Å². The molecular formula is C16H22N4. The highest BCUT2D eigenvalue weighted by Crippen LogP contribution is 2.45. The van der Waals surface area contributed by atoms with Crippen molar-refractivity contribution < 1.29 is 0 Å². The smallest absolute Gasteiger partial charge is 0.151 e. The van der Waals surface area contributed by atoms with Crippen LogP contribution in [-0.4, -0.2) is 18.1 Å². The Morgan fingerprint density at radius 1 is 1.15 bits per heavy atom. The average Bonchev–Trinajstić information content (AvgIpc) is 2.49. The fourth-order valence-corrected chi connectivity index (χ4v) is 3.79. The summed E-state index contributed by atoms with van der Waals surface area (Å²) in [6.07, 6.45) is 11.2. The molecule has 3 rings (SSSR count). The molecule has 1 saturated heterocycles. The van der Waals surface area contributed by atoms with E-state index in [0.29, 0.717) is 16.7 Å². The van der Waals surface area contributed by atoms with E-state index in [4.69, 9.17) is 11.0 Å². The van der Waals surface area contributed by atoms with E-state index in [-0.39, 0.29) is 0 Å². The Balaban J connectivity index is 1.70. The Labute approximate surface area is 120 Å². The summed E-state index contributed by atoms with van der Waals surface area (Å²) in [5, 5.41) is 8.87. The number of rotatable bonds is 1. The van der Waals surface area contributed by atoms with Gasteiger partial charge in [0.2, 0.25) is 0 Å². The van der Waals surface area contributed by atoms with Crippen LogP contribution in [-0.2, 0) is 0 Å². The maximum absolute atomic E-state index is 8.87. The summed E-state index contributed by atoms with van der Waals surface area (Å²) in [6, 6.07) is 3.81. The number of nitrogen functional groups attached to an aromatic ring is 1. The number of hydrogen-bond acceptors (Lipinski definition) is 4. The maximum atomic E-state index is 8.87. The number of nitriles is 1. The third kappa shape index (κ3) is 2.45. The summed E-state index contributed by atoms with van der Waals surface area (Å²) in [5.41, 5.74) is 7.80. The molecule has 0 amide bonds. The van der Waals surface area contributed by atoms with Gasteiger partial charge in [-0.3, -0.25) is 0 Å². The van der Waals surface area contributed by atoms with E-state index in [1.807, 2.05) is 0 Å². The second-order valence-electron chi connectivity index (χ2n) is 6.30. The van der Waals surface area contributed by atoms with Crippen LogP contribution < -0.4 is 10.6 Å². The molecule has 4 nitrogen and oxygen atoms in total. The molecule has 20 heavy (non-hydrogen) atoms. The normalized spacial score (nSPS) is 21.6. The zero-order valence-electron chi connectivity index (χ0n) is 11.9. The van der Waals surface area contributed by atoms with Crippen LogP contribution in [0.4, 0.5) is 11.5 Å². The summed E-state index contributed by atoms with van der Waals surface area (Å²) in [4.78, 5) is 6.67. The Hall–Kier alpha value is -1.76. The SMILES string of the molecule is N#Cc1cnc(N2CCC3(CCCCC3)CC2)c(N)c1. The van der Waals surface area contributed by atoms with E-state index in [9.17, 15) is 0 Å². The van der Waals surface area contributed by atoms with Crippen LogP contribution in [0.15, 0.2) is 12.3 Å². The molecule has 106 valence electrons. The van der Waals surface area contributed by atoms with Gasteiger partial charge >= 0.3 is 0 Å². The first-order valence-corrected chi connectivity index (χ1v) is 7.63. The lowest BCUT2D eigenvalue weighted by atomic mass is 9.68. The van der Waals surface area contributed by atoms with E-state index in [1.54, 1.807) is 12.3 Å². The van der Waals surface area contributed by atoms with Crippen LogP contribution in [0, 0.1) is 16.7 Å². The Bertz CT molecular complexity index is 516. The molecular weight excluding hydrogens is 248 g/mol. The first-order chi connectivity index (χ1) is 9.72. The van der Waals surface area contributed by atoms with Gasteiger partial charge in [0.15, 0.2) is 5.82 Å². The summed E-state index contributed by atoms with van der Waals surface area (Å²) >= 11 is 0. The zero-order valence-corrected chi connectivity index (χ0v) is 11.9. The molecule has 1 saturated carbocycles.